The number of carbonyl (C=O) groups is 1. The number of allylic oxidation sites excluding steroid dienone is 1. The Bertz CT molecular complexity index is 161. The molecule has 0 atom stereocenters. The van der Waals surface area contributed by atoms with E-state index in [0.29, 0.717) is 5.57 Å². The summed E-state index contributed by atoms with van der Waals surface area (Å²) in [5, 5.41) is 8.48. The van der Waals surface area contributed by atoms with Crippen molar-refractivity contribution in [3.05, 3.63) is 11.6 Å². The highest BCUT2D eigenvalue weighted by Crippen LogP contribution is 2.17. The molecule has 1 N–H and O–H groups in total. The fourth-order valence-corrected chi connectivity index (χ4v) is 0.711. The van der Waals surface area contributed by atoms with Crippen molar-refractivity contribution in [3.8, 4) is 0 Å². The highest BCUT2D eigenvalue weighted by atomic mass is 16.4. The molecule has 0 aliphatic carbocycles. The second kappa shape index (κ2) is 2.86. The van der Waals surface area contributed by atoms with E-state index in [0.717, 1.165) is 0 Å². The second-order valence-electron chi connectivity index (χ2n) is 3.50. The van der Waals surface area contributed by atoms with Gasteiger partial charge in [0.05, 0.1) is 0 Å². The van der Waals surface area contributed by atoms with E-state index in [4.69, 9.17) is 5.11 Å². The summed E-state index contributed by atoms with van der Waals surface area (Å²) in [5.74, 6) is -0.838. The molecule has 0 saturated heterocycles. The first kappa shape index (κ1) is 9.21. The smallest absolute Gasteiger partial charge is 0.330 e. The molecule has 58 valence electrons. The molecule has 0 radical (unpaired) electrons. The van der Waals surface area contributed by atoms with Crippen LogP contribution in [0.15, 0.2) is 11.6 Å². The zero-order chi connectivity index (χ0) is 8.36. The van der Waals surface area contributed by atoms with Gasteiger partial charge in [-0.1, -0.05) is 26.8 Å². The van der Waals surface area contributed by atoms with Crippen LogP contribution in [0.3, 0.4) is 0 Å². The summed E-state index contributed by atoms with van der Waals surface area (Å²) < 4.78 is 0. The molecule has 0 aromatic carbocycles. The van der Waals surface area contributed by atoms with E-state index in [1.165, 1.54) is 0 Å². The number of carboxylic acids is 1. The van der Waals surface area contributed by atoms with E-state index in [-0.39, 0.29) is 5.41 Å². The first-order chi connectivity index (χ1) is 4.33. The normalized spacial score (nSPS) is 13.4. The summed E-state index contributed by atoms with van der Waals surface area (Å²) in [7, 11) is 0. The van der Waals surface area contributed by atoms with Gasteiger partial charge in [-0.15, -0.1) is 0 Å². The van der Waals surface area contributed by atoms with Crippen LogP contribution in [0.2, 0.25) is 0 Å². The highest BCUT2D eigenvalue weighted by molar-refractivity contribution is 5.85. The average molecular weight is 142 g/mol. The Morgan fingerprint density at radius 3 is 1.90 bits per heavy atom. The molecular weight excluding hydrogens is 128 g/mol. The summed E-state index contributed by atoms with van der Waals surface area (Å²) in [6.07, 6.45) is 1.75. The Morgan fingerprint density at radius 1 is 1.40 bits per heavy atom. The number of aliphatic carboxylic acids is 1. The Balaban J connectivity index is 4.32. The van der Waals surface area contributed by atoms with Crippen molar-refractivity contribution < 1.29 is 9.90 Å². The van der Waals surface area contributed by atoms with Crippen LogP contribution in [-0.2, 0) is 4.79 Å². The number of hydrogen-bond acceptors (Lipinski definition) is 1. The standard InChI is InChI=1S/C8H14O2/c1-6(7(9)10)5-8(2,3)4/h5H,1-4H3,(H,9,10)/b6-5-. The van der Waals surface area contributed by atoms with Crippen LogP contribution in [0, 0.1) is 5.41 Å². The molecule has 0 spiro atoms. The monoisotopic (exact) mass is 142 g/mol. The summed E-state index contributed by atoms with van der Waals surface area (Å²) in [4.78, 5) is 10.3. The highest BCUT2D eigenvalue weighted by Gasteiger charge is 2.09. The molecule has 0 heterocycles. The minimum Gasteiger partial charge on any atom is -0.478 e. The Kier molecular flexibility index (Phi) is 2.64. The van der Waals surface area contributed by atoms with E-state index in [1.807, 2.05) is 20.8 Å². The molecular formula is C8H14O2. The van der Waals surface area contributed by atoms with Gasteiger partial charge in [0.1, 0.15) is 0 Å². The number of carboxylic acid groups (broad SMARTS) is 1. The van der Waals surface area contributed by atoms with Crippen LogP contribution in [-0.4, -0.2) is 11.1 Å². The van der Waals surface area contributed by atoms with Gasteiger partial charge < -0.3 is 5.11 Å². The lowest BCUT2D eigenvalue weighted by Gasteiger charge is -2.11. The van der Waals surface area contributed by atoms with Gasteiger partial charge in [0.25, 0.3) is 0 Å². The van der Waals surface area contributed by atoms with Gasteiger partial charge >= 0.3 is 5.97 Å². The van der Waals surface area contributed by atoms with Crippen LogP contribution < -0.4 is 0 Å². The second-order valence-corrected chi connectivity index (χ2v) is 3.50. The minimum absolute atomic E-state index is 0.0392. The van der Waals surface area contributed by atoms with Crippen molar-refractivity contribution in [3.63, 3.8) is 0 Å². The summed E-state index contributed by atoms with van der Waals surface area (Å²) in [5.41, 5.74) is 0.371. The third kappa shape index (κ3) is 4.13. The summed E-state index contributed by atoms with van der Waals surface area (Å²) in [6.45, 7) is 7.52. The molecule has 2 nitrogen and oxygen atoms in total. The fourth-order valence-electron chi connectivity index (χ4n) is 0.711. The average Bonchev–Trinajstić information content (AvgIpc) is 1.60. The van der Waals surface area contributed by atoms with E-state index in [1.54, 1.807) is 13.0 Å². The van der Waals surface area contributed by atoms with E-state index < -0.39 is 5.97 Å². The summed E-state index contributed by atoms with van der Waals surface area (Å²) >= 11 is 0. The fraction of sp³-hybridized carbons (Fsp3) is 0.625. The van der Waals surface area contributed by atoms with Crippen molar-refractivity contribution in [2.24, 2.45) is 5.41 Å². The van der Waals surface area contributed by atoms with Crippen LogP contribution in [0.5, 0.6) is 0 Å². The SMILES string of the molecule is C/C(=C/C(C)(C)C)C(=O)O. The molecule has 0 aliphatic rings. The zero-order valence-corrected chi connectivity index (χ0v) is 6.93. The van der Waals surface area contributed by atoms with Crippen molar-refractivity contribution >= 4 is 5.97 Å². The van der Waals surface area contributed by atoms with Crippen molar-refractivity contribution in [1.82, 2.24) is 0 Å². The van der Waals surface area contributed by atoms with E-state index in [9.17, 15) is 4.79 Å². The molecule has 2 heteroatoms. The van der Waals surface area contributed by atoms with Crippen LogP contribution in [0.25, 0.3) is 0 Å². The number of hydrogen-bond donors (Lipinski definition) is 1. The van der Waals surface area contributed by atoms with Crippen molar-refractivity contribution in [1.29, 1.82) is 0 Å². The van der Waals surface area contributed by atoms with Gasteiger partial charge in [0.15, 0.2) is 0 Å². The Labute approximate surface area is 61.6 Å². The minimum atomic E-state index is -0.838. The molecule has 0 amide bonds. The van der Waals surface area contributed by atoms with E-state index >= 15 is 0 Å². The van der Waals surface area contributed by atoms with E-state index in [2.05, 4.69) is 0 Å². The van der Waals surface area contributed by atoms with Gasteiger partial charge in [0, 0.05) is 5.57 Å². The lowest BCUT2D eigenvalue weighted by Crippen LogP contribution is -2.05. The van der Waals surface area contributed by atoms with Crippen molar-refractivity contribution in [2.45, 2.75) is 27.7 Å². The van der Waals surface area contributed by atoms with Gasteiger partial charge in [0.2, 0.25) is 0 Å². The molecule has 0 unspecified atom stereocenters. The largest absolute Gasteiger partial charge is 0.478 e. The third-order valence-corrected chi connectivity index (χ3v) is 0.987. The first-order valence-electron chi connectivity index (χ1n) is 3.26. The quantitative estimate of drug-likeness (QED) is 0.569. The molecule has 0 fully saturated rings. The topological polar surface area (TPSA) is 37.3 Å². The summed E-state index contributed by atoms with van der Waals surface area (Å²) in [6, 6.07) is 0. The predicted octanol–water partition coefficient (Wildman–Crippen LogP) is 2.06. The number of rotatable bonds is 1. The van der Waals surface area contributed by atoms with Crippen LogP contribution in [0.4, 0.5) is 0 Å². The zero-order valence-electron chi connectivity index (χ0n) is 6.93. The Morgan fingerprint density at radius 2 is 1.80 bits per heavy atom. The van der Waals surface area contributed by atoms with Gasteiger partial charge in [-0.25, -0.2) is 4.79 Å². The maximum atomic E-state index is 10.3. The molecule has 0 bridgehead atoms. The first-order valence-corrected chi connectivity index (χ1v) is 3.26. The molecule has 0 saturated carbocycles. The molecule has 0 rings (SSSR count). The third-order valence-electron chi connectivity index (χ3n) is 0.987. The van der Waals surface area contributed by atoms with Gasteiger partial charge in [-0.05, 0) is 12.3 Å². The lowest BCUT2D eigenvalue weighted by atomic mass is 9.94. The molecule has 0 aromatic heterocycles. The maximum absolute atomic E-state index is 10.3. The molecule has 0 aromatic rings. The van der Waals surface area contributed by atoms with Gasteiger partial charge in [-0.3, -0.25) is 0 Å². The molecule has 10 heavy (non-hydrogen) atoms. The molecule has 0 aliphatic heterocycles. The van der Waals surface area contributed by atoms with Crippen LogP contribution in [0.1, 0.15) is 27.7 Å². The van der Waals surface area contributed by atoms with Gasteiger partial charge in [-0.2, -0.15) is 0 Å². The van der Waals surface area contributed by atoms with Crippen molar-refractivity contribution in [2.75, 3.05) is 0 Å². The predicted molar refractivity (Wildman–Crippen MR) is 40.8 cm³/mol. The Hall–Kier alpha value is -0.790. The maximum Gasteiger partial charge on any atom is 0.330 e. The lowest BCUT2D eigenvalue weighted by molar-refractivity contribution is -0.132. The van der Waals surface area contributed by atoms with Crippen LogP contribution >= 0.6 is 0 Å².